The summed E-state index contributed by atoms with van der Waals surface area (Å²) in [4.78, 5) is 0. The Morgan fingerprint density at radius 2 is 0.662 bits per heavy atom. The maximum atomic E-state index is 11.9. The van der Waals surface area contributed by atoms with E-state index in [2.05, 4.69) is 0 Å². The van der Waals surface area contributed by atoms with E-state index in [-0.39, 0.29) is 46.2 Å². The van der Waals surface area contributed by atoms with Crippen molar-refractivity contribution < 1.29 is 52.8 Å². The summed E-state index contributed by atoms with van der Waals surface area (Å²) in [6.45, 7) is 1.40. The number of hydrogen-bond donors (Lipinski definition) is 2. The van der Waals surface area contributed by atoms with Crippen LogP contribution in [0, 0.1) is 0 Å². The van der Waals surface area contributed by atoms with E-state index in [9.17, 15) is 10.2 Å². The highest BCUT2D eigenvalue weighted by molar-refractivity contribution is 5.18. The molecule has 0 unspecified atom stereocenters. The summed E-state index contributed by atoms with van der Waals surface area (Å²) in [6, 6.07) is 58.8. The molecule has 2 fully saturated rings. The summed E-state index contributed by atoms with van der Waals surface area (Å²) in [5.74, 6) is 0. The van der Waals surface area contributed by atoms with Gasteiger partial charge in [0.2, 0.25) is 0 Å². The van der Waals surface area contributed by atoms with Gasteiger partial charge >= 0.3 is 0 Å². The minimum Gasteiger partial charge on any atom is -0.387 e. The molecule has 6 aromatic carbocycles. The number of aliphatic hydroxyl groups is 2. The fourth-order valence-corrected chi connectivity index (χ4v) is 7.95. The second-order valence-electron chi connectivity index (χ2n) is 16.2. The van der Waals surface area contributed by atoms with Crippen molar-refractivity contribution in [3.8, 4) is 0 Å². The number of rotatable bonds is 22. The molecule has 11 heteroatoms. The predicted molar refractivity (Wildman–Crippen MR) is 243 cm³/mol. The Labute approximate surface area is 381 Å². The first-order valence-corrected chi connectivity index (χ1v) is 22.3. The minimum absolute atomic E-state index is 0.0324. The standard InChI is InChI=1S/C54H58O11/c55-47-45(37-57-31-39-19-7-1-8-20-39)63-54(50(48(47)56)59-33-41-23-11-3-12-24-41)65-49-46(38-58-32-40-21-9-2-10-22-40)64-53(62-36-44-29-17-6-18-30-44)52(61-35-43-27-15-5-16-28-43)51(49)60-34-42-25-13-4-14-26-42/h1-30,45-56H,31-38H2/t45-,46-,47+,48+,49-,50-,51+,52-,53-,54+/m1/s1. The van der Waals surface area contributed by atoms with E-state index in [1.807, 2.05) is 182 Å². The molecule has 2 N–H and O–H groups in total. The highest BCUT2D eigenvalue weighted by Crippen LogP contribution is 2.35. The molecule has 2 aliphatic heterocycles. The van der Waals surface area contributed by atoms with Gasteiger partial charge in [-0.25, -0.2) is 0 Å². The quantitative estimate of drug-likeness (QED) is 0.0691. The molecular formula is C54H58O11. The summed E-state index contributed by atoms with van der Waals surface area (Å²) in [6.07, 6.45) is -10.5. The van der Waals surface area contributed by atoms with Crippen LogP contribution < -0.4 is 0 Å². The molecule has 0 spiro atoms. The Balaban J connectivity index is 1.13. The van der Waals surface area contributed by atoms with Crippen LogP contribution in [0.15, 0.2) is 182 Å². The van der Waals surface area contributed by atoms with Crippen LogP contribution in [0.5, 0.6) is 0 Å². The van der Waals surface area contributed by atoms with Crippen LogP contribution >= 0.6 is 0 Å². The third kappa shape index (κ3) is 13.5. The van der Waals surface area contributed by atoms with Crippen molar-refractivity contribution >= 4 is 0 Å². The number of aliphatic hydroxyl groups excluding tert-OH is 2. The maximum Gasteiger partial charge on any atom is 0.187 e. The van der Waals surface area contributed by atoms with Crippen molar-refractivity contribution in [2.75, 3.05) is 13.2 Å². The predicted octanol–water partition coefficient (Wildman–Crippen LogP) is 7.95. The van der Waals surface area contributed by atoms with Gasteiger partial charge in [-0.3, -0.25) is 0 Å². The Hall–Kier alpha value is -5.12. The molecule has 0 aliphatic carbocycles. The monoisotopic (exact) mass is 882 g/mol. The van der Waals surface area contributed by atoms with Crippen LogP contribution in [0.4, 0.5) is 0 Å². The van der Waals surface area contributed by atoms with Crippen LogP contribution in [0.25, 0.3) is 0 Å². The Morgan fingerprint density at radius 1 is 0.323 bits per heavy atom. The minimum atomic E-state index is -1.42. The molecule has 0 radical (unpaired) electrons. The molecule has 0 bridgehead atoms. The van der Waals surface area contributed by atoms with Crippen LogP contribution in [0.3, 0.4) is 0 Å². The molecule has 0 amide bonds. The summed E-state index contributed by atoms with van der Waals surface area (Å²) in [5, 5.41) is 23.5. The second-order valence-corrected chi connectivity index (χ2v) is 16.2. The molecule has 10 atom stereocenters. The lowest BCUT2D eigenvalue weighted by Crippen LogP contribution is -2.66. The van der Waals surface area contributed by atoms with Gasteiger partial charge in [0.15, 0.2) is 12.6 Å². The summed E-state index contributed by atoms with van der Waals surface area (Å²) >= 11 is 0. The second kappa shape index (κ2) is 24.4. The average Bonchev–Trinajstić information content (AvgIpc) is 3.36. The molecule has 2 heterocycles. The molecule has 11 nitrogen and oxygen atoms in total. The van der Waals surface area contributed by atoms with Crippen molar-refractivity contribution in [3.63, 3.8) is 0 Å². The van der Waals surface area contributed by atoms with Gasteiger partial charge in [-0.2, -0.15) is 0 Å². The molecule has 340 valence electrons. The van der Waals surface area contributed by atoms with Crippen LogP contribution in [0.1, 0.15) is 33.4 Å². The van der Waals surface area contributed by atoms with Crippen molar-refractivity contribution in [2.24, 2.45) is 0 Å². The zero-order chi connectivity index (χ0) is 44.5. The maximum absolute atomic E-state index is 11.9. The zero-order valence-corrected chi connectivity index (χ0v) is 36.3. The molecule has 0 saturated carbocycles. The summed E-state index contributed by atoms with van der Waals surface area (Å²) < 4.78 is 60.0. The van der Waals surface area contributed by atoms with E-state index in [0.717, 1.165) is 33.4 Å². The Bertz CT molecular complexity index is 2200. The smallest absolute Gasteiger partial charge is 0.187 e. The van der Waals surface area contributed by atoms with Gasteiger partial charge in [0, 0.05) is 0 Å². The number of ether oxygens (including phenoxy) is 9. The first kappa shape index (κ1) is 46.4. The topological polar surface area (TPSA) is 124 Å². The van der Waals surface area contributed by atoms with Crippen molar-refractivity contribution in [1.82, 2.24) is 0 Å². The lowest BCUT2D eigenvalue weighted by molar-refractivity contribution is -0.374. The Morgan fingerprint density at radius 3 is 1.09 bits per heavy atom. The molecular weight excluding hydrogens is 825 g/mol. The van der Waals surface area contributed by atoms with Gasteiger partial charge in [-0.1, -0.05) is 182 Å². The third-order valence-corrected chi connectivity index (χ3v) is 11.4. The van der Waals surface area contributed by atoms with Crippen molar-refractivity contribution in [3.05, 3.63) is 215 Å². The fourth-order valence-electron chi connectivity index (χ4n) is 7.95. The largest absolute Gasteiger partial charge is 0.387 e. The normalized spacial score (nSPS) is 25.6. The molecule has 8 rings (SSSR count). The number of hydrogen-bond acceptors (Lipinski definition) is 11. The fraction of sp³-hybridized carbons (Fsp3) is 0.333. The van der Waals surface area contributed by atoms with E-state index >= 15 is 0 Å². The van der Waals surface area contributed by atoms with Crippen LogP contribution in [-0.2, 0) is 82.3 Å². The highest BCUT2D eigenvalue weighted by atomic mass is 16.8. The molecule has 2 aliphatic rings. The van der Waals surface area contributed by atoms with Gasteiger partial charge in [-0.05, 0) is 33.4 Å². The van der Waals surface area contributed by atoms with E-state index < -0.39 is 61.4 Å². The highest BCUT2D eigenvalue weighted by Gasteiger charge is 2.53. The van der Waals surface area contributed by atoms with Crippen LogP contribution in [-0.4, -0.2) is 84.8 Å². The van der Waals surface area contributed by atoms with E-state index in [1.165, 1.54) is 0 Å². The number of benzene rings is 6. The summed E-state index contributed by atoms with van der Waals surface area (Å²) in [7, 11) is 0. The average molecular weight is 883 g/mol. The SMILES string of the molecule is O[C@@H]1[C@H](O)[C@@H](OCc2ccccc2)[C@H](O[C@H]2[C@H](OCc3ccccc3)[C@@H](OCc3ccccc3)[C@H](OCc3ccccc3)O[C@@H]2COCc2ccccc2)O[C@@H]1COCc1ccccc1. The molecule has 6 aromatic rings. The first-order chi connectivity index (χ1) is 32.1. The van der Waals surface area contributed by atoms with E-state index in [1.54, 1.807) is 0 Å². The van der Waals surface area contributed by atoms with Gasteiger partial charge < -0.3 is 52.8 Å². The van der Waals surface area contributed by atoms with Crippen molar-refractivity contribution in [2.45, 2.75) is 101 Å². The summed E-state index contributed by atoms with van der Waals surface area (Å²) in [5.41, 5.74) is 5.65. The zero-order valence-electron chi connectivity index (χ0n) is 36.3. The van der Waals surface area contributed by atoms with Gasteiger partial charge in [0.1, 0.15) is 48.8 Å². The third-order valence-electron chi connectivity index (χ3n) is 11.4. The molecule has 65 heavy (non-hydrogen) atoms. The van der Waals surface area contributed by atoms with E-state index in [4.69, 9.17) is 42.6 Å². The van der Waals surface area contributed by atoms with Crippen LogP contribution in [0.2, 0.25) is 0 Å². The lowest BCUT2D eigenvalue weighted by Gasteiger charge is -2.49. The van der Waals surface area contributed by atoms with Crippen molar-refractivity contribution in [1.29, 1.82) is 0 Å². The van der Waals surface area contributed by atoms with Gasteiger partial charge in [-0.15, -0.1) is 0 Å². The lowest BCUT2D eigenvalue weighted by atomic mass is 9.96. The van der Waals surface area contributed by atoms with Gasteiger partial charge in [0.25, 0.3) is 0 Å². The van der Waals surface area contributed by atoms with E-state index in [0.29, 0.717) is 6.61 Å². The first-order valence-electron chi connectivity index (χ1n) is 22.3. The Kier molecular flexibility index (Phi) is 17.4. The molecule has 2 saturated heterocycles. The molecule has 0 aromatic heterocycles. The van der Waals surface area contributed by atoms with Gasteiger partial charge in [0.05, 0.1) is 52.9 Å².